The molecule has 0 bridgehead atoms. The fraction of sp³-hybridized carbons (Fsp3) is 0.154. The maximum atomic E-state index is 5.41. The molecule has 0 aliphatic carbocycles. The van der Waals surface area contributed by atoms with Crippen LogP contribution in [0.15, 0.2) is 84.2 Å². The van der Waals surface area contributed by atoms with Gasteiger partial charge in [0.2, 0.25) is 5.95 Å². The summed E-state index contributed by atoms with van der Waals surface area (Å²) in [4.78, 5) is 13.2. The first-order chi connectivity index (χ1) is 17.1. The smallest absolute Gasteiger partial charge is 0.231 e. The highest BCUT2D eigenvalue weighted by Crippen LogP contribution is 2.28. The molecule has 35 heavy (non-hydrogen) atoms. The maximum absolute atomic E-state index is 5.41. The first kappa shape index (κ1) is 23.5. The Bertz CT molecular complexity index is 1280. The van der Waals surface area contributed by atoms with Crippen LogP contribution in [0.1, 0.15) is 18.1 Å². The van der Waals surface area contributed by atoms with Crippen molar-refractivity contribution in [1.29, 1.82) is 0 Å². The zero-order chi connectivity index (χ0) is 24.5. The summed E-state index contributed by atoms with van der Waals surface area (Å²) < 4.78 is 10.7. The quantitative estimate of drug-likeness (QED) is 0.218. The molecule has 0 saturated carbocycles. The predicted octanol–water partition coefficient (Wildman–Crippen LogP) is 5.08. The Morgan fingerprint density at radius 3 is 2.34 bits per heavy atom. The molecule has 0 spiro atoms. The van der Waals surface area contributed by atoms with Crippen LogP contribution in [0.5, 0.6) is 11.5 Å². The number of hydrogen-bond donors (Lipinski definition) is 3. The van der Waals surface area contributed by atoms with Gasteiger partial charge in [0.15, 0.2) is 17.3 Å². The lowest BCUT2D eigenvalue weighted by molar-refractivity contribution is 0.354. The molecule has 0 fully saturated rings. The Morgan fingerprint density at radius 2 is 1.60 bits per heavy atom. The lowest BCUT2D eigenvalue weighted by Gasteiger charge is -2.13. The molecule has 9 nitrogen and oxygen atoms in total. The van der Waals surface area contributed by atoms with E-state index in [-0.39, 0.29) is 0 Å². The van der Waals surface area contributed by atoms with Crippen LogP contribution < -0.4 is 25.5 Å². The number of rotatable bonds is 10. The fourth-order valence-electron chi connectivity index (χ4n) is 3.28. The van der Waals surface area contributed by atoms with E-state index >= 15 is 0 Å². The number of methoxy groups -OCH3 is 2. The Morgan fingerprint density at radius 1 is 0.857 bits per heavy atom. The Hall–Kier alpha value is -4.66. The minimum Gasteiger partial charge on any atom is -0.493 e. The second kappa shape index (κ2) is 11.5. The Balaban J connectivity index is 1.56. The number of nitrogens with one attached hydrogen (secondary N) is 3. The van der Waals surface area contributed by atoms with Gasteiger partial charge in [-0.25, -0.2) is 0 Å². The maximum Gasteiger partial charge on any atom is 0.231 e. The largest absolute Gasteiger partial charge is 0.493 e. The van der Waals surface area contributed by atoms with Crippen LogP contribution in [0.4, 0.5) is 23.3 Å². The number of aromatic nitrogens is 3. The van der Waals surface area contributed by atoms with E-state index in [1.165, 1.54) is 0 Å². The van der Waals surface area contributed by atoms with Gasteiger partial charge in [-0.2, -0.15) is 15.1 Å². The zero-order valence-electron chi connectivity index (χ0n) is 19.8. The number of para-hydroxylation sites is 1. The molecule has 3 N–H and O–H groups in total. The molecule has 0 aliphatic heterocycles. The molecule has 2 heterocycles. The van der Waals surface area contributed by atoms with Gasteiger partial charge in [-0.05, 0) is 48.9 Å². The number of nitrogens with zero attached hydrogens (tertiary/aromatic N) is 4. The lowest BCUT2D eigenvalue weighted by atomic mass is 10.2. The van der Waals surface area contributed by atoms with E-state index in [9.17, 15) is 0 Å². The molecule has 2 aromatic carbocycles. The monoisotopic (exact) mass is 469 g/mol. The molecule has 178 valence electrons. The molecule has 0 radical (unpaired) electrons. The highest BCUT2D eigenvalue weighted by Gasteiger charge is 2.08. The van der Waals surface area contributed by atoms with E-state index in [2.05, 4.69) is 36.1 Å². The van der Waals surface area contributed by atoms with Gasteiger partial charge in [0.25, 0.3) is 0 Å². The molecule has 0 aliphatic rings. The van der Waals surface area contributed by atoms with Crippen molar-refractivity contribution < 1.29 is 9.47 Å². The summed E-state index contributed by atoms with van der Waals surface area (Å²) in [5.41, 5.74) is 6.71. The van der Waals surface area contributed by atoms with Crippen molar-refractivity contribution in [3.8, 4) is 11.5 Å². The van der Waals surface area contributed by atoms with E-state index < -0.39 is 0 Å². The summed E-state index contributed by atoms with van der Waals surface area (Å²) in [6.45, 7) is 2.45. The molecular weight excluding hydrogens is 442 g/mol. The second-order valence-corrected chi connectivity index (χ2v) is 7.54. The van der Waals surface area contributed by atoms with E-state index in [4.69, 9.17) is 9.47 Å². The van der Waals surface area contributed by atoms with Crippen molar-refractivity contribution in [1.82, 2.24) is 15.0 Å². The predicted molar refractivity (Wildman–Crippen MR) is 139 cm³/mol. The van der Waals surface area contributed by atoms with Crippen molar-refractivity contribution in [3.63, 3.8) is 0 Å². The Labute approximate surface area is 204 Å². The fourth-order valence-corrected chi connectivity index (χ4v) is 3.28. The molecule has 9 heteroatoms. The molecule has 0 atom stereocenters. The second-order valence-electron chi connectivity index (χ2n) is 7.54. The summed E-state index contributed by atoms with van der Waals surface area (Å²) in [5, 5.41) is 11.1. The van der Waals surface area contributed by atoms with Crippen LogP contribution in [0, 0.1) is 0 Å². The van der Waals surface area contributed by atoms with Gasteiger partial charge in [-0.15, -0.1) is 0 Å². The third-order valence-corrected chi connectivity index (χ3v) is 5.11. The Kier molecular flexibility index (Phi) is 7.70. The van der Waals surface area contributed by atoms with Gasteiger partial charge in [-0.1, -0.05) is 24.3 Å². The van der Waals surface area contributed by atoms with E-state index in [1.807, 2.05) is 67.6 Å². The summed E-state index contributed by atoms with van der Waals surface area (Å²) in [5.74, 6) is 2.97. The van der Waals surface area contributed by atoms with Gasteiger partial charge < -0.3 is 20.1 Å². The van der Waals surface area contributed by atoms with Gasteiger partial charge in [0.1, 0.15) is 5.82 Å². The number of pyridine rings is 1. The van der Waals surface area contributed by atoms with Crippen LogP contribution in [0.2, 0.25) is 0 Å². The average Bonchev–Trinajstić information content (AvgIpc) is 2.91. The number of hydrogen-bond acceptors (Lipinski definition) is 9. The van der Waals surface area contributed by atoms with Gasteiger partial charge in [-0.3, -0.25) is 10.4 Å². The summed E-state index contributed by atoms with van der Waals surface area (Å²) in [7, 11) is 3.23. The molecule has 2 aromatic heterocycles. The lowest BCUT2D eigenvalue weighted by Crippen LogP contribution is -2.07. The van der Waals surface area contributed by atoms with Gasteiger partial charge in [0.05, 0.1) is 19.9 Å². The van der Waals surface area contributed by atoms with Crippen LogP contribution in [0.3, 0.4) is 0 Å². The zero-order valence-corrected chi connectivity index (χ0v) is 19.8. The van der Waals surface area contributed by atoms with Crippen LogP contribution >= 0.6 is 0 Å². The van der Waals surface area contributed by atoms with Crippen LogP contribution in [-0.2, 0) is 6.54 Å². The molecule has 0 saturated heterocycles. The topological polar surface area (TPSA) is 106 Å². The van der Waals surface area contributed by atoms with Crippen molar-refractivity contribution in [2.75, 3.05) is 30.3 Å². The van der Waals surface area contributed by atoms with Gasteiger partial charge >= 0.3 is 0 Å². The first-order valence-electron chi connectivity index (χ1n) is 11.0. The standard InChI is InChI=1S/C26H27N7O2/c1-18(20-11-13-27-14-12-20)32-33-25-16-24(30-26(31-25)29-21-7-5-4-6-8-21)28-17-19-9-10-22(34-2)23(15-19)35-3/h4-16H,17H2,1-3H3,(H3,28,29,30,31,33). The number of ether oxygens (including phenoxy) is 2. The molecule has 4 aromatic rings. The molecule has 4 rings (SSSR count). The number of benzene rings is 2. The minimum atomic E-state index is 0.438. The van der Waals surface area contributed by atoms with Crippen molar-refractivity contribution in [2.24, 2.45) is 5.10 Å². The van der Waals surface area contributed by atoms with E-state index in [0.717, 1.165) is 22.5 Å². The van der Waals surface area contributed by atoms with Crippen molar-refractivity contribution in [3.05, 3.63) is 90.3 Å². The summed E-state index contributed by atoms with van der Waals surface area (Å²) >= 11 is 0. The molecular formula is C26H27N7O2. The summed E-state index contributed by atoms with van der Waals surface area (Å²) in [6, 6.07) is 21.1. The van der Waals surface area contributed by atoms with E-state index in [1.54, 1.807) is 32.7 Å². The first-order valence-corrected chi connectivity index (χ1v) is 11.0. The summed E-state index contributed by atoms with van der Waals surface area (Å²) in [6.07, 6.45) is 3.47. The van der Waals surface area contributed by atoms with Crippen LogP contribution in [0.25, 0.3) is 0 Å². The van der Waals surface area contributed by atoms with Crippen molar-refractivity contribution in [2.45, 2.75) is 13.5 Å². The number of anilines is 4. The highest BCUT2D eigenvalue weighted by molar-refractivity contribution is 5.98. The SMILES string of the molecule is COc1ccc(CNc2cc(NN=C(C)c3ccncc3)nc(Nc3ccccc3)n2)cc1OC. The number of hydrazone groups is 1. The van der Waals surface area contributed by atoms with Crippen LogP contribution in [-0.4, -0.2) is 34.9 Å². The molecule has 0 unspecified atom stereocenters. The third kappa shape index (κ3) is 6.44. The average molecular weight is 470 g/mol. The van der Waals surface area contributed by atoms with Crippen molar-refractivity contribution >= 4 is 29.0 Å². The third-order valence-electron chi connectivity index (χ3n) is 5.11. The minimum absolute atomic E-state index is 0.438. The van der Waals surface area contributed by atoms with E-state index in [0.29, 0.717) is 35.6 Å². The van der Waals surface area contributed by atoms with Gasteiger partial charge in [0, 0.05) is 36.3 Å². The normalized spacial score (nSPS) is 11.0. The highest BCUT2D eigenvalue weighted by atomic mass is 16.5. The molecule has 0 amide bonds.